The summed E-state index contributed by atoms with van der Waals surface area (Å²) in [5.74, 6) is 0.733. The second-order valence-corrected chi connectivity index (χ2v) is 8.55. The van der Waals surface area contributed by atoms with Crippen LogP contribution in [0.3, 0.4) is 0 Å². The van der Waals surface area contributed by atoms with Gasteiger partial charge in [-0.3, -0.25) is 9.78 Å². The van der Waals surface area contributed by atoms with Crippen molar-refractivity contribution in [2.24, 2.45) is 10.8 Å². The van der Waals surface area contributed by atoms with Crippen molar-refractivity contribution in [1.82, 2.24) is 10.3 Å². The van der Waals surface area contributed by atoms with Gasteiger partial charge in [-0.25, -0.2) is 0 Å². The van der Waals surface area contributed by atoms with Crippen molar-refractivity contribution in [1.29, 1.82) is 0 Å². The van der Waals surface area contributed by atoms with Gasteiger partial charge in [0.05, 0.1) is 6.20 Å². The minimum Gasteiger partial charge on any atom is -0.488 e. The van der Waals surface area contributed by atoms with E-state index in [4.69, 9.17) is 4.74 Å². The van der Waals surface area contributed by atoms with Crippen LogP contribution in [0.15, 0.2) is 42.6 Å². The molecule has 2 aromatic rings. The van der Waals surface area contributed by atoms with Crippen molar-refractivity contribution in [3.63, 3.8) is 0 Å². The van der Waals surface area contributed by atoms with E-state index in [1.807, 2.05) is 50.2 Å². The number of aryl methyl sites for hydroxylation is 2. The Bertz CT molecular complexity index is 776. The Kier molecular flexibility index (Phi) is 4.55. The van der Waals surface area contributed by atoms with E-state index in [0.717, 1.165) is 17.0 Å². The summed E-state index contributed by atoms with van der Waals surface area (Å²) in [6, 6.07) is 11.6. The number of pyridine rings is 1. The molecule has 1 amide bonds. The Labute approximate surface area is 156 Å². The summed E-state index contributed by atoms with van der Waals surface area (Å²) in [4.78, 5) is 17.0. The van der Waals surface area contributed by atoms with Gasteiger partial charge >= 0.3 is 0 Å². The normalized spacial score (nSPS) is 23.0. The number of rotatable bonds is 4. The van der Waals surface area contributed by atoms with Gasteiger partial charge in [-0.15, -0.1) is 0 Å². The summed E-state index contributed by atoms with van der Waals surface area (Å²) in [6.07, 6.45) is 1.75. The van der Waals surface area contributed by atoms with Gasteiger partial charge in [0.2, 0.25) is 0 Å². The van der Waals surface area contributed by atoms with Crippen LogP contribution in [0.25, 0.3) is 0 Å². The highest BCUT2D eigenvalue weighted by Gasteiger charge is 2.64. The summed E-state index contributed by atoms with van der Waals surface area (Å²) in [6.45, 7) is 12.5. The lowest BCUT2D eigenvalue weighted by Crippen LogP contribution is -2.74. The summed E-state index contributed by atoms with van der Waals surface area (Å²) < 4.78 is 6.26. The number of carbonyl (C=O) groups excluding carboxylic acids is 1. The molecule has 26 heavy (non-hydrogen) atoms. The first kappa shape index (κ1) is 18.4. The maximum Gasteiger partial charge on any atom is 0.251 e. The van der Waals surface area contributed by atoms with Gasteiger partial charge in [0.1, 0.15) is 11.9 Å². The Morgan fingerprint density at radius 3 is 2.15 bits per heavy atom. The third kappa shape index (κ3) is 3.20. The van der Waals surface area contributed by atoms with Crippen LogP contribution in [0, 0.1) is 24.7 Å². The van der Waals surface area contributed by atoms with E-state index >= 15 is 0 Å². The Morgan fingerprint density at radius 2 is 1.62 bits per heavy atom. The lowest BCUT2D eigenvalue weighted by atomic mass is 9.49. The zero-order valence-corrected chi connectivity index (χ0v) is 16.5. The van der Waals surface area contributed by atoms with Crippen LogP contribution in [0.5, 0.6) is 5.75 Å². The highest BCUT2D eigenvalue weighted by atomic mass is 16.5. The van der Waals surface area contributed by atoms with Gasteiger partial charge in [0.25, 0.3) is 5.91 Å². The summed E-state index contributed by atoms with van der Waals surface area (Å²) in [5, 5.41) is 3.22. The Morgan fingerprint density at radius 1 is 1.00 bits per heavy atom. The molecule has 4 heteroatoms. The molecule has 1 aliphatic rings. The molecule has 4 nitrogen and oxygen atoms in total. The van der Waals surface area contributed by atoms with Crippen LogP contribution in [0.2, 0.25) is 0 Å². The smallest absolute Gasteiger partial charge is 0.251 e. The van der Waals surface area contributed by atoms with E-state index in [9.17, 15) is 4.79 Å². The second kappa shape index (κ2) is 6.42. The van der Waals surface area contributed by atoms with Crippen LogP contribution in [0.1, 0.15) is 49.3 Å². The van der Waals surface area contributed by atoms with E-state index in [1.165, 1.54) is 0 Å². The average molecular weight is 352 g/mol. The lowest BCUT2D eigenvalue weighted by molar-refractivity contribution is -0.164. The van der Waals surface area contributed by atoms with Gasteiger partial charge in [-0.1, -0.05) is 45.4 Å². The number of carbonyl (C=O) groups is 1. The van der Waals surface area contributed by atoms with Crippen LogP contribution in [-0.4, -0.2) is 23.0 Å². The maximum absolute atomic E-state index is 12.7. The number of aromatic nitrogens is 1. The summed E-state index contributed by atoms with van der Waals surface area (Å²) in [7, 11) is 0. The van der Waals surface area contributed by atoms with Gasteiger partial charge in [0.15, 0.2) is 0 Å². The minimum absolute atomic E-state index is 0.0113. The fourth-order valence-corrected chi connectivity index (χ4v) is 4.38. The molecule has 0 saturated heterocycles. The van der Waals surface area contributed by atoms with E-state index in [-0.39, 0.29) is 28.9 Å². The minimum atomic E-state index is -0.186. The lowest BCUT2D eigenvalue weighted by Gasteiger charge is -2.63. The number of nitrogens with one attached hydrogen (secondary N) is 1. The molecule has 1 saturated carbocycles. The van der Waals surface area contributed by atoms with E-state index in [0.29, 0.717) is 5.56 Å². The number of amides is 1. The molecule has 1 aliphatic carbocycles. The van der Waals surface area contributed by atoms with Crippen molar-refractivity contribution in [2.45, 2.75) is 53.7 Å². The van der Waals surface area contributed by atoms with Crippen LogP contribution >= 0.6 is 0 Å². The van der Waals surface area contributed by atoms with E-state index in [1.54, 1.807) is 6.20 Å². The quantitative estimate of drug-likeness (QED) is 0.892. The molecule has 0 bridgehead atoms. The molecular weight excluding hydrogens is 324 g/mol. The fraction of sp³-hybridized carbons (Fsp3) is 0.455. The predicted molar refractivity (Wildman–Crippen MR) is 103 cm³/mol. The highest BCUT2D eigenvalue weighted by Crippen LogP contribution is 2.55. The third-order valence-electron chi connectivity index (χ3n) is 5.57. The molecule has 0 radical (unpaired) electrons. The predicted octanol–water partition coefficient (Wildman–Crippen LogP) is 4.31. The third-order valence-corrected chi connectivity index (χ3v) is 5.57. The topological polar surface area (TPSA) is 51.2 Å². The molecule has 138 valence electrons. The molecule has 1 heterocycles. The van der Waals surface area contributed by atoms with E-state index in [2.05, 4.69) is 38.0 Å². The van der Waals surface area contributed by atoms with Crippen LogP contribution < -0.4 is 10.1 Å². The SMILES string of the molecule is Cc1ccc(C(=O)NC2C(C)(C)C(Oc3ccc(C)nc3)C2(C)C)cc1. The summed E-state index contributed by atoms with van der Waals surface area (Å²) >= 11 is 0. The van der Waals surface area contributed by atoms with Crippen LogP contribution in [-0.2, 0) is 0 Å². The van der Waals surface area contributed by atoms with Gasteiger partial charge < -0.3 is 10.1 Å². The monoisotopic (exact) mass is 352 g/mol. The van der Waals surface area contributed by atoms with Crippen molar-refractivity contribution in [3.05, 3.63) is 59.4 Å². The van der Waals surface area contributed by atoms with Crippen molar-refractivity contribution < 1.29 is 9.53 Å². The molecular formula is C22H28N2O2. The number of benzene rings is 1. The first-order valence-corrected chi connectivity index (χ1v) is 9.09. The molecule has 1 aromatic carbocycles. The number of hydrogen-bond acceptors (Lipinski definition) is 3. The molecule has 1 N–H and O–H groups in total. The highest BCUT2D eigenvalue weighted by molar-refractivity contribution is 5.94. The molecule has 0 aliphatic heterocycles. The number of nitrogens with zero attached hydrogens (tertiary/aromatic N) is 1. The van der Waals surface area contributed by atoms with Gasteiger partial charge in [-0.2, -0.15) is 0 Å². The first-order valence-electron chi connectivity index (χ1n) is 9.09. The zero-order valence-electron chi connectivity index (χ0n) is 16.5. The standard InChI is InChI=1S/C22H28N2O2/c1-14-7-10-16(11-8-14)18(25)24-19-21(3,4)20(22(19,5)6)26-17-12-9-15(2)23-13-17/h7-13,19-20H,1-6H3,(H,24,25). The largest absolute Gasteiger partial charge is 0.488 e. The van der Waals surface area contributed by atoms with Crippen molar-refractivity contribution >= 4 is 5.91 Å². The van der Waals surface area contributed by atoms with Crippen LogP contribution in [0.4, 0.5) is 0 Å². The Hall–Kier alpha value is -2.36. The average Bonchev–Trinajstić information content (AvgIpc) is 2.59. The summed E-state index contributed by atoms with van der Waals surface area (Å²) in [5.41, 5.74) is 2.43. The van der Waals surface area contributed by atoms with Crippen molar-refractivity contribution in [2.75, 3.05) is 0 Å². The molecule has 0 unspecified atom stereocenters. The van der Waals surface area contributed by atoms with Gasteiger partial charge in [0, 0.05) is 28.1 Å². The zero-order chi connectivity index (χ0) is 19.1. The van der Waals surface area contributed by atoms with E-state index < -0.39 is 0 Å². The molecule has 1 fully saturated rings. The number of ether oxygens (including phenoxy) is 1. The molecule has 1 aromatic heterocycles. The second-order valence-electron chi connectivity index (χ2n) is 8.55. The molecule has 0 atom stereocenters. The maximum atomic E-state index is 12.7. The van der Waals surface area contributed by atoms with Gasteiger partial charge in [-0.05, 0) is 38.1 Å². The Balaban J connectivity index is 1.74. The first-order chi connectivity index (χ1) is 12.1. The molecule has 0 spiro atoms. The van der Waals surface area contributed by atoms with Crippen molar-refractivity contribution in [3.8, 4) is 5.75 Å². The molecule has 3 rings (SSSR count). The number of hydrogen-bond donors (Lipinski definition) is 1. The fourth-order valence-electron chi connectivity index (χ4n) is 4.38.